The number of hydrogen-bond acceptors (Lipinski definition) is 0. The minimum absolute atomic E-state index is 0.197. The zero-order valence-electron chi connectivity index (χ0n) is 10.1. The van der Waals surface area contributed by atoms with Gasteiger partial charge in [0.1, 0.15) is 0 Å². The summed E-state index contributed by atoms with van der Waals surface area (Å²) in [5, 5.41) is 0. The third kappa shape index (κ3) is 1.61. The first-order valence-electron chi connectivity index (χ1n) is 6.12. The number of benzene rings is 2. The van der Waals surface area contributed by atoms with Crippen molar-refractivity contribution in [3.05, 3.63) is 77.9 Å². The molecule has 1 atom stereocenters. The lowest BCUT2D eigenvalue weighted by molar-refractivity contribution is 0.580. The Labute approximate surface area is 103 Å². The van der Waals surface area contributed by atoms with Gasteiger partial charge in [0.05, 0.1) is 0 Å². The van der Waals surface area contributed by atoms with Crippen molar-refractivity contribution in [1.29, 1.82) is 0 Å². The average Bonchev–Trinajstić information content (AvgIpc) is 2.39. The molecule has 0 aromatic heterocycles. The van der Waals surface area contributed by atoms with Crippen LogP contribution in [0.25, 0.3) is 5.57 Å². The predicted molar refractivity (Wildman–Crippen MR) is 72.8 cm³/mol. The van der Waals surface area contributed by atoms with Crippen LogP contribution in [0, 0.1) is 0 Å². The number of rotatable bonds is 2. The molecule has 0 saturated heterocycles. The Balaban J connectivity index is 2.01. The van der Waals surface area contributed by atoms with Gasteiger partial charge in [-0.25, -0.2) is 0 Å². The fourth-order valence-corrected chi connectivity index (χ4v) is 2.64. The molecule has 0 fully saturated rings. The first-order valence-corrected chi connectivity index (χ1v) is 6.12. The maximum Gasteiger partial charge on any atom is 0.0212 e. The quantitative estimate of drug-likeness (QED) is 0.702. The molecule has 3 rings (SSSR count). The molecule has 0 heterocycles. The maximum absolute atomic E-state index is 2.35. The van der Waals surface area contributed by atoms with E-state index < -0.39 is 0 Å². The Kier molecular flexibility index (Phi) is 2.36. The van der Waals surface area contributed by atoms with Crippen molar-refractivity contribution in [3.63, 3.8) is 0 Å². The van der Waals surface area contributed by atoms with E-state index in [1.807, 2.05) is 0 Å². The highest BCUT2D eigenvalue weighted by Gasteiger charge is 2.36. The van der Waals surface area contributed by atoms with Crippen LogP contribution in [0.1, 0.15) is 24.5 Å². The highest BCUT2D eigenvalue weighted by molar-refractivity contribution is 5.80. The largest absolute Gasteiger partial charge is 0.0786 e. The summed E-state index contributed by atoms with van der Waals surface area (Å²) in [5.41, 5.74) is 4.43. The van der Waals surface area contributed by atoms with Crippen molar-refractivity contribution in [2.24, 2.45) is 0 Å². The first-order chi connectivity index (χ1) is 8.31. The second-order valence-electron chi connectivity index (χ2n) is 4.89. The summed E-state index contributed by atoms with van der Waals surface area (Å²) in [4.78, 5) is 0. The van der Waals surface area contributed by atoms with Gasteiger partial charge in [0, 0.05) is 5.41 Å². The molecule has 0 saturated carbocycles. The lowest BCUT2D eigenvalue weighted by atomic mass is 9.64. The SMILES string of the molecule is CC1(c2ccccc2)CC=C1c1ccccc1. The van der Waals surface area contributed by atoms with Crippen LogP contribution >= 0.6 is 0 Å². The standard InChI is InChI=1S/C17H16/c1-17(15-10-6-3-7-11-15)13-12-16(17)14-8-4-2-5-9-14/h2-12H,13H2,1H3. The lowest BCUT2D eigenvalue weighted by Crippen LogP contribution is -2.29. The summed E-state index contributed by atoms with van der Waals surface area (Å²) in [7, 11) is 0. The monoisotopic (exact) mass is 220 g/mol. The van der Waals surface area contributed by atoms with E-state index in [1.165, 1.54) is 16.7 Å². The van der Waals surface area contributed by atoms with Crippen molar-refractivity contribution in [3.8, 4) is 0 Å². The highest BCUT2D eigenvalue weighted by Crippen LogP contribution is 2.48. The molecule has 1 aliphatic rings. The fourth-order valence-electron chi connectivity index (χ4n) is 2.64. The van der Waals surface area contributed by atoms with Crippen molar-refractivity contribution < 1.29 is 0 Å². The Morgan fingerprint density at radius 2 is 1.41 bits per heavy atom. The van der Waals surface area contributed by atoms with Gasteiger partial charge in [-0.3, -0.25) is 0 Å². The molecule has 0 bridgehead atoms. The molecular formula is C17H16. The highest BCUT2D eigenvalue weighted by atomic mass is 14.4. The van der Waals surface area contributed by atoms with Gasteiger partial charge in [-0.05, 0) is 23.1 Å². The Morgan fingerprint density at radius 3 is 1.94 bits per heavy atom. The number of allylic oxidation sites excluding steroid dienone is 2. The maximum atomic E-state index is 2.35. The first kappa shape index (κ1) is 10.3. The molecule has 2 aromatic carbocycles. The van der Waals surface area contributed by atoms with E-state index in [-0.39, 0.29) is 5.41 Å². The Morgan fingerprint density at radius 1 is 0.824 bits per heavy atom. The van der Waals surface area contributed by atoms with Gasteiger partial charge in [-0.15, -0.1) is 0 Å². The molecule has 1 unspecified atom stereocenters. The minimum Gasteiger partial charge on any atom is -0.0786 e. The zero-order valence-corrected chi connectivity index (χ0v) is 10.1. The van der Waals surface area contributed by atoms with Crippen LogP contribution in [-0.2, 0) is 5.41 Å². The van der Waals surface area contributed by atoms with E-state index in [4.69, 9.17) is 0 Å². The van der Waals surface area contributed by atoms with Gasteiger partial charge in [-0.1, -0.05) is 73.7 Å². The van der Waals surface area contributed by atoms with Crippen molar-refractivity contribution in [2.45, 2.75) is 18.8 Å². The van der Waals surface area contributed by atoms with E-state index >= 15 is 0 Å². The molecule has 0 heteroatoms. The molecular weight excluding hydrogens is 204 g/mol. The van der Waals surface area contributed by atoms with E-state index in [9.17, 15) is 0 Å². The third-order valence-corrected chi connectivity index (χ3v) is 3.80. The third-order valence-electron chi connectivity index (χ3n) is 3.80. The molecule has 0 radical (unpaired) electrons. The van der Waals surface area contributed by atoms with Gasteiger partial charge < -0.3 is 0 Å². The van der Waals surface area contributed by atoms with E-state index in [2.05, 4.69) is 73.7 Å². The molecule has 0 spiro atoms. The molecule has 0 aliphatic heterocycles. The molecule has 17 heavy (non-hydrogen) atoms. The van der Waals surface area contributed by atoms with E-state index in [0.29, 0.717) is 0 Å². The summed E-state index contributed by atoms with van der Waals surface area (Å²) in [5.74, 6) is 0. The topological polar surface area (TPSA) is 0 Å². The van der Waals surface area contributed by atoms with Crippen LogP contribution in [0.5, 0.6) is 0 Å². The molecule has 0 amide bonds. The number of hydrogen-bond donors (Lipinski definition) is 0. The Hall–Kier alpha value is -1.82. The van der Waals surface area contributed by atoms with Crippen molar-refractivity contribution in [2.75, 3.05) is 0 Å². The van der Waals surface area contributed by atoms with Gasteiger partial charge in [-0.2, -0.15) is 0 Å². The summed E-state index contributed by atoms with van der Waals surface area (Å²) in [6, 6.07) is 21.5. The normalized spacial score (nSPS) is 22.8. The molecule has 84 valence electrons. The average molecular weight is 220 g/mol. The Bertz CT molecular complexity index is 537. The van der Waals surface area contributed by atoms with Crippen LogP contribution < -0.4 is 0 Å². The molecule has 0 nitrogen and oxygen atoms in total. The van der Waals surface area contributed by atoms with Crippen LogP contribution in [0.2, 0.25) is 0 Å². The zero-order chi connectivity index (χ0) is 11.7. The van der Waals surface area contributed by atoms with E-state index in [0.717, 1.165) is 6.42 Å². The van der Waals surface area contributed by atoms with Crippen LogP contribution in [0.15, 0.2) is 66.7 Å². The summed E-state index contributed by atoms with van der Waals surface area (Å²) < 4.78 is 0. The summed E-state index contributed by atoms with van der Waals surface area (Å²) >= 11 is 0. The smallest absolute Gasteiger partial charge is 0.0212 e. The minimum atomic E-state index is 0.197. The summed E-state index contributed by atoms with van der Waals surface area (Å²) in [6.07, 6.45) is 3.49. The lowest BCUT2D eigenvalue weighted by Gasteiger charge is -2.40. The summed E-state index contributed by atoms with van der Waals surface area (Å²) in [6.45, 7) is 2.34. The van der Waals surface area contributed by atoms with Crippen molar-refractivity contribution >= 4 is 5.57 Å². The van der Waals surface area contributed by atoms with Crippen LogP contribution in [-0.4, -0.2) is 0 Å². The van der Waals surface area contributed by atoms with E-state index in [1.54, 1.807) is 0 Å². The van der Waals surface area contributed by atoms with Crippen LogP contribution in [0.3, 0.4) is 0 Å². The second-order valence-corrected chi connectivity index (χ2v) is 4.89. The van der Waals surface area contributed by atoms with Gasteiger partial charge in [0.15, 0.2) is 0 Å². The van der Waals surface area contributed by atoms with Gasteiger partial charge >= 0.3 is 0 Å². The van der Waals surface area contributed by atoms with Crippen LogP contribution in [0.4, 0.5) is 0 Å². The molecule has 1 aliphatic carbocycles. The predicted octanol–water partition coefficient (Wildman–Crippen LogP) is 4.43. The van der Waals surface area contributed by atoms with Gasteiger partial charge in [0.25, 0.3) is 0 Å². The van der Waals surface area contributed by atoms with Gasteiger partial charge in [0.2, 0.25) is 0 Å². The molecule has 0 N–H and O–H groups in total. The fraction of sp³-hybridized carbons (Fsp3) is 0.176. The second kappa shape index (κ2) is 3.89. The van der Waals surface area contributed by atoms with Crippen molar-refractivity contribution in [1.82, 2.24) is 0 Å². The molecule has 2 aromatic rings.